The van der Waals surface area contributed by atoms with Crippen molar-refractivity contribution in [3.8, 4) is 0 Å². The van der Waals surface area contributed by atoms with Crippen LogP contribution < -0.4 is 16.4 Å². The van der Waals surface area contributed by atoms with Crippen LogP contribution >= 0.6 is 0 Å². The molecule has 0 aliphatic carbocycles. The highest BCUT2D eigenvalue weighted by Crippen LogP contribution is 2.36. The molecule has 5 heteroatoms. The van der Waals surface area contributed by atoms with Crippen molar-refractivity contribution in [1.82, 2.24) is 9.97 Å². The lowest BCUT2D eigenvalue weighted by Gasteiger charge is -2.32. The normalized spacial score (nSPS) is 14.0. The van der Waals surface area contributed by atoms with Gasteiger partial charge in [-0.25, -0.2) is 4.98 Å². The van der Waals surface area contributed by atoms with Crippen molar-refractivity contribution in [3.63, 3.8) is 0 Å². The summed E-state index contributed by atoms with van der Waals surface area (Å²) >= 11 is 0. The number of hydrogen-bond acceptors (Lipinski definition) is 5. The predicted molar refractivity (Wildman–Crippen MR) is 94.2 cm³/mol. The molecule has 3 aromatic rings. The van der Waals surface area contributed by atoms with Crippen molar-refractivity contribution in [2.45, 2.75) is 19.4 Å². The van der Waals surface area contributed by atoms with Gasteiger partial charge in [0.15, 0.2) is 0 Å². The Morgan fingerprint density at radius 2 is 1.83 bits per heavy atom. The molecule has 0 atom stereocenters. The van der Waals surface area contributed by atoms with E-state index in [1.54, 1.807) is 0 Å². The molecule has 0 spiro atoms. The molecule has 0 bridgehead atoms. The lowest BCUT2D eigenvalue weighted by atomic mass is 9.96. The molecule has 0 saturated carbocycles. The first-order valence-electron chi connectivity index (χ1n) is 7.86. The topological polar surface area (TPSA) is 81.1 Å². The number of rotatable bonds is 2. The van der Waals surface area contributed by atoms with Crippen LogP contribution in [0.3, 0.4) is 0 Å². The van der Waals surface area contributed by atoms with Crippen LogP contribution in [0, 0.1) is 0 Å². The Bertz CT molecular complexity index is 860. The van der Waals surface area contributed by atoms with Crippen LogP contribution in [-0.2, 0) is 13.0 Å². The summed E-state index contributed by atoms with van der Waals surface area (Å²) in [6.45, 7) is 1.94. The molecule has 4 rings (SSSR count). The van der Waals surface area contributed by atoms with Gasteiger partial charge in [0.1, 0.15) is 5.82 Å². The van der Waals surface area contributed by atoms with E-state index in [1.165, 1.54) is 16.8 Å². The average molecular weight is 305 g/mol. The minimum Gasteiger partial charge on any atom is -0.383 e. The van der Waals surface area contributed by atoms with E-state index >= 15 is 0 Å². The minimum atomic E-state index is 0.229. The van der Waals surface area contributed by atoms with Crippen LogP contribution in [0.1, 0.15) is 17.5 Å². The van der Waals surface area contributed by atoms with Crippen LogP contribution in [0.4, 0.5) is 17.5 Å². The maximum absolute atomic E-state index is 6.13. The van der Waals surface area contributed by atoms with Gasteiger partial charge in [-0.15, -0.1) is 0 Å². The number of benzene rings is 2. The van der Waals surface area contributed by atoms with Crippen LogP contribution in [0.2, 0.25) is 0 Å². The molecule has 2 aromatic carbocycles. The lowest BCUT2D eigenvalue weighted by Crippen LogP contribution is -2.29. The van der Waals surface area contributed by atoms with Gasteiger partial charge in [0.2, 0.25) is 5.95 Å². The summed E-state index contributed by atoms with van der Waals surface area (Å²) in [4.78, 5) is 10.9. The molecule has 0 amide bonds. The van der Waals surface area contributed by atoms with E-state index in [9.17, 15) is 0 Å². The number of aromatic nitrogens is 2. The van der Waals surface area contributed by atoms with Crippen molar-refractivity contribution in [3.05, 3.63) is 53.6 Å². The molecule has 0 radical (unpaired) electrons. The molecular weight excluding hydrogens is 286 g/mol. The van der Waals surface area contributed by atoms with E-state index in [-0.39, 0.29) is 5.95 Å². The molecule has 1 aliphatic rings. The van der Waals surface area contributed by atoms with Crippen molar-refractivity contribution >= 4 is 28.4 Å². The largest absolute Gasteiger partial charge is 0.383 e. The van der Waals surface area contributed by atoms with Gasteiger partial charge in [-0.05, 0) is 36.1 Å². The summed E-state index contributed by atoms with van der Waals surface area (Å²) in [7, 11) is 0. The maximum atomic E-state index is 6.13. The summed E-state index contributed by atoms with van der Waals surface area (Å²) in [6, 6.07) is 14.6. The number of nitrogens with zero attached hydrogens (tertiary/aromatic N) is 3. The fourth-order valence-corrected chi connectivity index (χ4v) is 3.42. The monoisotopic (exact) mass is 305 g/mol. The van der Waals surface area contributed by atoms with Crippen LogP contribution in [-0.4, -0.2) is 16.5 Å². The van der Waals surface area contributed by atoms with E-state index < -0.39 is 0 Å². The Kier molecular flexibility index (Phi) is 3.26. The Morgan fingerprint density at radius 3 is 2.65 bits per heavy atom. The second-order valence-electron chi connectivity index (χ2n) is 5.94. The summed E-state index contributed by atoms with van der Waals surface area (Å²) < 4.78 is 0. The van der Waals surface area contributed by atoms with E-state index in [0.29, 0.717) is 5.82 Å². The predicted octanol–water partition coefficient (Wildman–Crippen LogP) is 2.75. The first kappa shape index (κ1) is 13.8. The molecule has 116 valence electrons. The molecule has 0 saturated heterocycles. The fraction of sp³-hybridized carbons (Fsp3) is 0.222. The van der Waals surface area contributed by atoms with Gasteiger partial charge in [0, 0.05) is 24.2 Å². The second-order valence-corrected chi connectivity index (χ2v) is 5.94. The van der Waals surface area contributed by atoms with E-state index in [4.69, 9.17) is 11.5 Å². The number of nitrogen functional groups attached to an aromatic ring is 2. The Morgan fingerprint density at radius 1 is 1.00 bits per heavy atom. The van der Waals surface area contributed by atoms with Gasteiger partial charge in [0.05, 0.1) is 5.52 Å². The van der Waals surface area contributed by atoms with Crippen LogP contribution in [0.15, 0.2) is 42.5 Å². The molecule has 0 unspecified atom stereocenters. The zero-order chi connectivity index (χ0) is 15.8. The fourth-order valence-electron chi connectivity index (χ4n) is 3.42. The average Bonchev–Trinajstić information content (AvgIpc) is 2.55. The molecule has 5 nitrogen and oxygen atoms in total. The highest BCUT2D eigenvalue weighted by Gasteiger charge is 2.21. The standard InChI is InChI=1S/C18H19N5/c19-17-16-13-7-4-10-23(11-12-5-2-1-3-6-12)15(13)9-8-14(16)21-18(20)22-17/h1-3,5-6,8-9H,4,7,10-11H2,(H4,19,20,21,22). The molecule has 1 aromatic heterocycles. The Labute approximate surface area is 135 Å². The SMILES string of the molecule is Nc1nc(N)c2c3c(ccc2n1)N(Cc1ccccc1)CCC3. The van der Waals surface area contributed by atoms with Gasteiger partial charge < -0.3 is 16.4 Å². The maximum Gasteiger partial charge on any atom is 0.222 e. The van der Waals surface area contributed by atoms with Gasteiger partial charge in [-0.1, -0.05) is 30.3 Å². The highest BCUT2D eigenvalue weighted by molar-refractivity contribution is 5.96. The number of anilines is 3. The number of fused-ring (bicyclic) bond motifs is 3. The van der Waals surface area contributed by atoms with Crippen LogP contribution in [0.25, 0.3) is 10.9 Å². The molecule has 1 aliphatic heterocycles. The zero-order valence-electron chi connectivity index (χ0n) is 12.9. The third-order valence-electron chi connectivity index (χ3n) is 4.40. The molecule has 2 heterocycles. The second kappa shape index (κ2) is 5.43. The first-order valence-corrected chi connectivity index (χ1v) is 7.86. The first-order chi connectivity index (χ1) is 11.2. The molecule has 4 N–H and O–H groups in total. The number of nitrogens with two attached hydrogens (primary N) is 2. The van der Waals surface area contributed by atoms with Crippen molar-refractivity contribution in [2.75, 3.05) is 22.9 Å². The smallest absolute Gasteiger partial charge is 0.222 e. The summed E-state index contributed by atoms with van der Waals surface area (Å²) in [5, 5.41) is 0.953. The lowest BCUT2D eigenvalue weighted by molar-refractivity contribution is 0.694. The molecule has 23 heavy (non-hydrogen) atoms. The van der Waals surface area contributed by atoms with E-state index in [0.717, 1.165) is 36.8 Å². The van der Waals surface area contributed by atoms with Gasteiger partial charge in [-0.3, -0.25) is 0 Å². The van der Waals surface area contributed by atoms with Crippen molar-refractivity contribution in [2.24, 2.45) is 0 Å². The van der Waals surface area contributed by atoms with Gasteiger partial charge >= 0.3 is 0 Å². The summed E-state index contributed by atoms with van der Waals surface area (Å²) in [5.41, 5.74) is 16.5. The summed E-state index contributed by atoms with van der Waals surface area (Å²) in [5.74, 6) is 0.706. The van der Waals surface area contributed by atoms with Crippen LogP contribution in [0.5, 0.6) is 0 Å². The zero-order valence-corrected chi connectivity index (χ0v) is 12.9. The number of hydrogen-bond donors (Lipinski definition) is 2. The summed E-state index contributed by atoms with van der Waals surface area (Å²) in [6.07, 6.45) is 2.10. The Balaban J connectivity index is 1.81. The van der Waals surface area contributed by atoms with Crippen molar-refractivity contribution in [1.29, 1.82) is 0 Å². The van der Waals surface area contributed by atoms with Gasteiger partial charge in [0.25, 0.3) is 0 Å². The quantitative estimate of drug-likeness (QED) is 0.761. The number of aryl methyl sites for hydroxylation is 1. The molecule has 0 fully saturated rings. The van der Waals surface area contributed by atoms with E-state index in [1.807, 2.05) is 12.1 Å². The van der Waals surface area contributed by atoms with E-state index in [2.05, 4.69) is 45.2 Å². The third-order valence-corrected chi connectivity index (χ3v) is 4.40. The van der Waals surface area contributed by atoms with Crippen molar-refractivity contribution < 1.29 is 0 Å². The Hall–Kier alpha value is -2.82. The van der Waals surface area contributed by atoms with Gasteiger partial charge in [-0.2, -0.15) is 4.98 Å². The highest BCUT2D eigenvalue weighted by atomic mass is 15.1. The molecular formula is C18H19N5. The minimum absolute atomic E-state index is 0.229. The third kappa shape index (κ3) is 2.44.